The molecular weight excluding hydrogens is 269 g/mol. The van der Waals surface area contributed by atoms with E-state index in [1.54, 1.807) is 0 Å². The van der Waals surface area contributed by atoms with E-state index in [1.807, 2.05) is 29.2 Å². The fourth-order valence-electron chi connectivity index (χ4n) is 2.31. The molecule has 1 aliphatic heterocycles. The van der Waals surface area contributed by atoms with Crippen LogP contribution in [0.5, 0.6) is 0 Å². The van der Waals surface area contributed by atoms with Crippen molar-refractivity contribution >= 4 is 34.8 Å². The van der Waals surface area contributed by atoms with E-state index < -0.39 is 0 Å². The van der Waals surface area contributed by atoms with Crippen molar-refractivity contribution in [1.82, 2.24) is 4.90 Å². The summed E-state index contributed by atoms with van der Waals surface area (Å²) in [4.78, 5) is 4.11. The molecule has 2 rings (SSSR count). The van der Waals surface area contributed by atoms with Crippen molar-refractivity contribution in [3.05, 3.63) is 29.3 Å². The molecular formula is C13H17Cl2N3. The smallest absolute Gasteiger partial charge is 0.198 e. The van der Waals surface area contributed by atoms with Gasteiger partial charge < -0.3 is 9.80 Å². The van der Waals surface area contributed by atoms with E-state index in [0.717, 1.165) is 25.2 Å². The molecule has 0 saturated carbocycles. The molecule has 0 aromatic heterocycles. The highest BCUT2D eigenvalue weighted by atomic mass is 35.5. The van der Waals surface area contributed by atoms with Crippen LogP contribution in [0.15, 0.2) is 24.3 Å². The van der Waals surface area contributed by atoms with Gasteiger partial charge in [0.2, 0.25) is 0 Å². The lowest BCUT2D eigenvalue weighted by atomic mass is 10.2. The highest BCUT2D eigenvalue weighted by Crippen LogP contribution is 2.27. The van der Waals surface area contributed by atoms with Gasteiger partial charge in [0.05, 0.1) is 6.04 Å². The topological polar surface area (TPSA) is 30.3 Å². The first-order chi connectivity index (χ1) is 8.67. The summed E-state index contributed by atoms with van der Waals surface area (Å²) in [5.74, 6) is 1.16. The number of benzene rings is 1. The van der Waals surface area contributed by atoms with E-state index in [-0.39, 0.29) is 6.04 Å². The molecule has 1 aromatic rings. The summed E-state index contributed by atoms with van der Waals surface area (Å²) in [7, 11) is 0. The first-order valence-corrected chi connectivity index (χ1v) is 7.03. The molecule has 1 saturated heterocycles. The maximum Gasteiger partial charge on any atom is 0.198 e. The van der Waals surface area contributed by atoms with Crippen LogP contribution in [-0.2, 0) is 0 Å². The number of nitrogens with one attached hydrogen (secondary N) is 1. The van der Waals surface area contributed by atoms with Crippen LogP contribution in [0.3, 0.4) is 0 Å². The minimum atomic E-state index is 0.274. The number of rotatable bonds is 4. The Labute approximate surface area is 118 Å². The SMILES string of the molecule is CCN1CC(CCCl)N(c2ccc(Cl)cc2)C1=N. The highest BCUT2D eigenvalue weighted by molar-refractivity contribution is 6.30. The molecule has 0 amide bonds. The van der Waals surface area contributed by atoms with Crippen LogP contribution in [0.25, 0.3) is 0 Å². The average Bonchev–Trinajstić information content (AvgIpc) is 2.68. The van der Waals surface area contributed by atoms with Crippen molar-refractivity contribution in [2.75, 3.05) is 23.9 Å². The third kappa shape index (κ3) is 2.57. The Hall–Kier alpha value is -0.930. The lowest BCUT2D eigenvalue weighted by Gasteiger charge is -2.24. The van der Waals surface area contributed by atoms with Crippen molar-refractivity contribution in [1.29, 1.82) is 5.41 Å². The quantitative estimate of drug-likeness (QED) is 0.860. The molecule has 1 aliphatic rings. The van der Waals surface area contributed by atoms with E-state index >= 15 is 0 Å². The first kappa shape index (κ1) is 13.5. The third-order valence-corrected chi connectivity index (χ3v) is 3.72. The number of likely N-dealkylation sites (N-methyl/N-ethyl adjacent to an activating group) is 1. The number of hydrogen-bond donors (Lipinski definition) is 1. The summed E-state index contributed by atoms with van der Waals surface area (Å²) in [6.07, 6.45) is 0.878. The second-order valence-corrected chi connectivity index (χ2v) is 5.15. The number of guanidine groups is 1. The van der Waals surface area contributed by atoms with E-state index in [9.17, 15) is 0 Å². The van der Waals surface area contributed by atoms with Gasteiger partial charge in [-0.1, -0.05) is 11.6 Å². The lowest BCUT2D eigenvalue weighted by molar-refractivity contribution is 0.449. The molecule has 1 unspecified atom stereocenters. The van der Waals surface area contributed by atoms with Gasteiger partial charge in [-0.05, 0) is 37.6 Å². The lowest BCUT2D eigenvalue weighted by Crippen LogP contribution is -2.35. The number of hydrogen-bond acceptors (Lipinski definition) is 1. The van der Waals surface area contributed by atoms with Gasteiger partial charge in [-0.25, -0.2) is 0 Å². The number of nitrogens with zero attached hydrogens (tertiary/aromatic N) is 2. The third-order valence-electron chi connectivity index (χ3n) is 3.25. The summed E-state index contributed by atoms with van der Waals surface area (Å²) in [6, 6.07) is 7.90. The molecule has 0 spiro atoms. The largest absolute Gasteiger partial charge is 0.341 e. The summed E-state index contributed by atoms with van der Waals surface area (Å²) in [5.41, 5.74) is 1.01. The van der Waals surface area contributed by atoms with Crippen LogP contribution in [0.4, 0.5) is 5.69 Å². The second-order valence-electron chi connectivity index (χ2n) is 4.34. The normalized spacial score (nSPS) is 19.7. The Kier molecular flexibility index (Phi) is 4.36. The zero-order chi connectivity index (χ0) is 13.1. The fraction of sp³-hybridized carbons (Fsp3) is 0.462. The molecule has 1 heterocycles. The monoisotopic (exact) mass is 285 g/mol. The standard InChI is InChI=1S/C13H17Cl2N3/c1-2-17-9-12(7-8-14)18(13(17)16)11-5-3-10(15)4-6-11/h3-6,12,16H,2,7-9H2,1H3. The molecule has 98 valence electrons. The van der Waals surface area contributed by atoms with E-state index in [2.05, 4.69) is 11.8 Å². The summed E-state index contributed by atoms with van der Waals surface area (Å²) >= 11 is 11.8. The molecule has 3 nitrogen and oxygen atoms in total. The predicted molar refractivity (Wildman–Crippen MR) is 78.0 cm³/mol. The molecule has 1 aromatic carbocycles. The Morgan fingerprint density at radius 1 is 1.33 bits per heavy atom. The van der Waals surface area contributed by atoms with Crippen LogP contribution < -0.4 is 4.90 Å². The van der Waals surface area contributed by atoms with Gasteiger partial charge in [-0.2, -0.15) is 0 Å². The van der Waals surface area contributed by atoms with Gasteiger partial charge in [-0.3, -0.25) is 5.41 Å². The Balaban J connectivity index is 2.27. The number of alkyl halides is 1. The molecule has 1 N–H and O–H groups in total. The maximum atomic E-state index is 8.24. The minimum absolute atomic E-state index is 0.274. The van der Waals surface area contributed by atoms with Gasteiger partial charge in [0.15, 0.2) is 5.96 Å². The van der Waals surface area contributed by atoms with Crippen LogP contribution in [0, 0.1) is 5.41 Å². The van der Waals surface area contributed by atoms with E-state index in [4.69, 9.17) is 28.6 Å². The van der Waals surface area contributed by atoms with Crippen molar-refractivity contribution in [2.24, 2.45) is 0 Å². The van der Waals surface area contributed by atoms with Gasteiger partial charge in [0.25, 0.3) is 0 Å². The average molecular weight is 286 g/mol. The summed E-state index contributed by atoms with van der Waals surface area (Å²) < 4.78 is 0. The molecule has 1 fully saturated rings. The van der Waals surface area contributed by atoms with Crippen LogP contribution in [-0.4, -0.2) is 35.9 Å². The molecule has 18 heavy (non-hydrogen) atoms. The van der Waals surface area contributed by atoms with Crippen LogP contribution in [0.1, 0.15) is 13.3 Å². The zero-order valence-electron chi connectivity index (χ0n) is 10.4. The Morgan fingerprint density at radius 3 is 2.56 bits per heavy atom. The Morgan fingerprint density at radius 2 is 2.00 bits per heavy atom. The van der Waals surface area contributed by atoms with Gasteiger partial charge in [0.1, 0.15) is 0 Å². The van der Waals surface area contributed by atoms with Crippen molar-refractivity contribution in [3.63, 3.8) is 0 Å². The van der Waals surface area contributed by atoms with E-state index in [1.165, 1.54) is 0 Å². The van der Waals surface area contributed by atoms with Crippen molar-refractivity contribution < 1.29 is 0 Å². The highest BCUT2D eigenvalue weighted by Gasteiger charge is 2.33. The second kappa shape index (κ2) is 5.81. The zero-order valence-corrected chi connectivity index (χ0v) is 11.9. The first-order valence-electron chi connectivity index (χ1n) is 6.11. The molecule has 5 heteroatoms. The van der Waals surface area contributed by atoms with Crippen molar-refractivity contribution in [2.45, 2.75) is 19.4 Å². The molecule has 0 aliphatic carbocycles. The number of halogens is 2. The molecule has 0 radical (unpaired) electrons. The number of anilines is 1. The summed E-state index contributed by atoms with van der Waals surface area (Å²) in [5, 5.41) is 8.95. The predicted octanol–water partition coefficient (Wildman–Crippen LogP) is 3.41. The van der Waals surface area contributed by atoms with Gasteiger partial charge >= 0.3 is 0 Å². The Bertz CT molecular complexity index is 419. The van der Waals surface area contributed by atoms with Gasteiger partial charge in [0, 0.05) is 29.7 Å². The van der Waals surface area contributed by atoms with Crippen molar-refractivity contribution in [3.8, 4) is 0 Å². The fourth-order valence-corrected chi connectivity index (χ4v) is 2.69. The minimum Gasteiger partial charge on any atom is -0.341 e. The molecule has 1 atom stereocenters. The van der Waals surface area contributed by atoms with Gasteiger partial charge in [-0.15, -0.1) is 11.6 Å². The van der Waals surface area contributed by atoms with Crippen LogP contribution in [0.2, 0.25) is 5.02 Å². The van der Waals surface area contributed by atoms with Crippen LogP contribution >= 0.6 is 23.2 Å². The molecule has 0 bridgehead atoms. The van der Waals surface area contributed by atoms with E-state index in [0.29, 0.717) is 16.9 Å². The maximum absolute atomic E-state index is 8.24. The summed E-state index contributed by atoms with van der Waals surface area (Å²) in [6.45, 7) is 3.78.